The van der Waals surface area contributed by atoms with E-state index in [0.29, 0.717) is 57.3 Å². The zero-order valence-electron chi connectivity index (χ0n) is 31.8. The first-order valence-corrected chi connectivity index (χ1v) is 20.0. The van der Waals surface area contributed by atoms with Crippen molar-refractivity contribution in [1.29, 1.82) is 0 Å². The topological polar surface area (TPSA) is 148 Å². The molecule has 4 heterocycles. The van der Waals surface area contributed by atoms with Crippen LogP contribution in [0.5, 0.6) is 5.75 Å². The van der Waals surface area contributed by atoms with Gasteiger partial charge in [0.05, 0.1) is 35.1 Å². The molecule has 9 rings (SSSR count). The maximum absolute atomic E-state index is 13.7. The largest absolute Gasteiger partial charge is 0.508 e. The standard InChI is InChI=1S/C43H51N3O8/c1-5-43(52)32-18-34-38-23(19-46(34)39(50)29(32)21-54-40(43)51)16-27-28(35(48)10-9-33(27)44-38)20-45(4)37(49)22-53-36-11-8-30-26-7-6-24-17-25(47)12-14-41(24,2)31(26)13-15-42(30,36)3/h9-10,16,18,24,26,30-31,36,48,52H,5-8,11-15,17,19-22H2,1-4H3/t24-,26-,30-,31-,36-,41-,42-,43-/m0/s1. The quantitative estimate of drug-likeness (QED) is 0.237. The molecule has 6 aliphatic rings. The number of aromatic nitrogens is 2. The lowest BCUT2D eigenvalue weighted by Gasteiger charge is -2.60. The van der Waals surface area contributed by atoms with Gasteiger partial charge in [0.1, 0.15) is 24.7 Å². The molecule has 54 heavy (non-hydrogen) atoms. The number of fused-ring (bicyclic) bond motifs is 10. The van der Waals surface area contributed by atoms with Crippen molar-refractivity contribution in [2.24, 2.45) is 34.5 Å². The molecule has 2 aliphatic heterocycles. The minimum Gasteiger partial charge on any atom is -0.508 e. The van der Waals surface area contributed by atoms with Crippen molar-refractivity contribution in [2.45, 2.75) is 116 Å². The van der Waals surface area contributed by atoms with Crippen molar-refractivity contribution in [3.63, 3.8) is 0 Å². The van der Waals surface area contributed by atoms with Crippen LogP contribution < -0.4 is 5.56 Å². The van der Waals surface area contributed by atoms with Gasteiger partial charge < -0.3 is 29.2 Å². The van der Waals surface area contributed by atoms with E-state index < -0.39 is 11.6 Å². The molecular formula is C43H51N3O8. The first-order chi connectivity index (χ1) is 25.8. The maximum Gasteiger partial charge on any atom is 0.343 e. The number of phenols is 1. The number of hydrogen-bond donors (Lipinski definition) is 2. The maximum atomic E-state index is 13.7. The Morgan fingerprint density at radius 3 is 2.65 bits per heavy atom. The summed E-state index contributed by atoms with van der Waals surface area (Å²) in [5, 5.41) is 23.0. The summed E-state index contributed by atoms with van der Waals surface area (Å²) in [5.41, 5.74) is 1.56. The van der Waals surface area contributed by atoms with E-state index in [2.05, 4.69) is 13.8 Å². The van der Waals surface area contributed by atoms with Crippen LogP contribution in [-0.2, 0) is 49.2 Å². The lowest BCUT2D eigenvalue weighted by atomic mass is 9.45. The predicted octanol–water partition coefficient (Wildman–Crippen LogP) is 5.74. The smallest absolute Gasteiger partial charge is 0.343 e. The first-order valence-electron chi connectivity index (χ1n) is 20.0. The van der Waals surface area contributed by atoms with Gasteiger partial charge in [-0.3, -0.25) is 14.4 Å². The average Bonchev–Trinajstić information content (AvgIpc) is 3.69. The number of amides is 1. The number of carbonyl (C=O) groups is 3. The molecule has 8 atom stereocenters. The summed E-state index contributed by atoms with van der Waals surface area (Å²) in [4.78, 5) is 58.7. The van der Waals surface area contributed by atoms with Crippen molar-refractivity contribution in [2.75, 3.05) is 13.7 Å². The van der Waals surface area contributed by atoms with Gasteiger partial charge in [-0.15, -0.1) is 0 Å². The second kappa shape index (κ2) is 12.5. The van der Waals surface area contributed by atoms with Crippen molar-refractivity contribution < 1.29 is 34.1 Å². The lowest BCUT2D eigenvalue weighted by Crippen LogP contribution is -2.54. The molecule has 0 bridgehead atoms. The lowest BCUT2D eigenvalue weighted by molar-refractivity contribution is -0.172. The molecule has 4 fully saturated rings. The molecule has 1 aromatic carbocycles. The van der Waals surface area contributed by atoms with Gasteiger partial charge in [-0.25, -0.2) is 9.78 Å². The summed E-state index contributed by atoms with van der Waals surface area (Å²) < 4.78 is 13.3. The SMILES string of the molecule is CC[C@@]1(O)C(=O)OCc2c1cc1n(c2=O)Cc2cc3c(CN(C)C(=O)CO[C@H]4CC[C@H]5[C@@H]6CC[C@H]7CC(=O)CC[C@]7(C)[C@H]6CC[C@]45C)c(O)ccc3nc2-1. The highest BCUT2D eigenvalue weighted by molar-refractivity contribution is 5.90. The Labute approximate surface area is 315 Å². The summed E-state index contributed by atoms with van der Waals surface area (Å²) in [6.45, 7) is 6.68. The van der Waals surface area contributed by atoms with Crippen LogP contribution in [0.25, 0.3) is 22.3 Å². The highest BCUT2D eigenvalue weighted by Crippen LogP contribution is 2.66. The highest BCUT2D eigenvalue weighted by Gasteiger charge is 2.60. The van der Waals surface area contributed by atoms with E-state index in [0.717, 1.165) is 50.5 Å². The molecule has 3 aromatic rings. The number of carbonyl (C=O) groups excluding carboxylic acids is 3. The van der Waals surface area contributed by atoms with Crippen LogP contribution in [0, 0.1) is 34.5 Å². The number of hydrogen-bond acceptors (Lipinski definition) is 9. The fourth-order valence-electron chi connectivity index (χ4n) is 12.1. The van der Waals surface area contributed by atoms with E-state index in [9.17, 15) is 29.4 Å². The van der Waals surface area contributed by atoms with Crippen molar-refractivity contribution >= 4 is 28.6 Å². The molecule has 286 valence electrons. The predicted molar refractivity (Wildman–Crippen MR) is 199 cm³/mol. The monoisotopic (exact) mass is 737 g/mol. The van der Waals surface area contributed by atoms with Crippen molar-refractivity contribution in [3.8, 4) is 17.1 Å². The van der Waals surface area contributed by atoms with Gasteiger partial charge >= 0.3 is 5.97 Å². The fourth-order valence-corrected chi connectivity index (χ4v) is 12.1. The normalized spacial score (nSPS) is 33.6. The zero-order valence-corrected chi connectivity index (χ0v) is 31.8. The number of aromatic hydroxyl groups is 1. The summed E-state index contributed by atoms with van der Waals surface area (Å²) in [6.07, 6.45) is 9.30. The summed E-state index contributed by atoms with van der Waals surface area (Å²) in [5.74, 6) is 1.99. The number of phenolic OH excluding ortho intramolecular Hbond substituents is 1. The number of likely N-dealkylation sites (N-methyl/N-ethyl adjacent to an activating group) is 1. The van der Waals surface area contributed by atoms with Gasteiger partial charge in [-0.1, -0.05) is 20.8 Å². The van der Waals surface area contributed by atoms with Gasteiger partial charge in [0.2, 0.25) is 5.91 Å². The number of rotatable bonds is 6. The number of aliphatic hydroxyl groups is 1. The third-order valence-corrected chi connectivity index (χ3v) is 15.4. The number of ether oxygens (including phenoxy) is 2. The number of Topliss-reactive ketones (excluding diaryl/α,β-unsaturated/α-hetero) is 1. The van der Waals surface area contributed by atoms with Crippen LogP contribution in [0.4, 0.5) is 0 Å². The Bertz CT molecular complexity index is 2180. The minimum absolute atomic E-state index is 0.0192. The Hall–Kier alpha value is -4.09. The first kappa shape index (κ1) is 35.6. The number of cyclic esters (lactones) is 1. The molecule has 0 unspecified atom stereocenters. The minimum atomic E-state index is -1.91. The van der Waals surface area contributed by atoms with Gasteiger partial charge in [-0.05, 0) is 110 Å². The Morgan fingerprint density at radius 1 is 1.06 bits per heavy atom. The summed E-state index contributed by atoms with van der Waals surface area (Å²) in [6, 6.07) is 6.88. The Morgan fingerprint density at radius 2 is 1.85 bits per heavy atom. The van der Waals surface area contributed by atoms with E-state index in [4.69, 9.17) is 14.5 Å². The number of nitrogens with zero attached hydrogens (tertiary/aromatic N) is 3. The molecule has 11 nitrogen and oxygen atoms in total. The zero-order chi connectivity index (χ0) is 37.9. The molecule has 11 heteroatoms. The molecule has 0 radical (unpaired) electrons. The molecule has 0 spiro atoms. The van der Waals surface area contributed by atoms with E-state index in [1.165, 1.54) is 12.8 Å². The molecule has 4 aliphatic carbocycles. The van der Waals surface area contributed by atoms with Crippen LogP contribution in [0.2, 0.25) is 0 Å². The molecule has 1 amide bonds. The van der Waals surface area contributed by atoms with Gasteiger partial charge in [0, 0.05) is 48.5 Å². The molecule has 2 N–H and O–H groups in total. The fraction of sp³-hybridized carbons (Fsp3) is 0.605. The van der Waals surface area contributed by atoms with E-state index in [1.807, 2.05) is 6.07 Å². The van der Waals surface area contributed by atoms with Gasteiger partial charge in [-0.2, -0.15) is 0 Å². The third-order valence-electron chi connectivity index (χ3n) is 15.4. The van der Waals surface area contributed by atoms with Crippen LogP contribution in [0.3, 0.4) is 0 Å². The second-order valence-electron chi connectivity index (χ2n) is 17.8. The molecule has 0 saturated heterocycles. The number of esters is 1. The number of benzene rings is 1. The molecular weight excluding hydrogens is 686 g/mol. The van der Waals surface area contributed by atoms with Gasteiger partial charge in [0.25, 0.3) is 5.56 Å². The van der Waals surface area contributed by atoms with E-state index >= 15 is 0 Å². The van der Waals surface area contributed by atoms with Crippen LogP contribution in [0.1, 0.15) is 107 Å². The van der Waals surface area contributed by atoms with Crippen molar-refractivity contribution in [1.82, 2.24) is 14.5 Å². The summed E-state index contributed by atoms with van der Waals surface area (Å²) >= 11 is 0. The van der Waals surface area contributed by atoms with Crippen LogP contribution >= 0.6 is 0 Å². The highest BCUT2D eigenvalue weighted by atomic mass is 16.6. The average molecular weight is 738 g/mol. The molecule has 2 aromatic heterocycles. The van der Waals surface area contributed by atoms with Gasteiger partial charge in [0.15, 0.2) is 5.60 Å². The van der Waals surface area contributed by atoms with Crippen LogP contribution in [-0.4, -0.2) is 62.1 Å². The number of ketones is 1. The van der Waals surface area contributed by atoms with Crippen molar-refractivity contribution in [3.05, 3.63) is 56.9 Å². The Kier molecular flexibility index (Phi) is 8.22. The van der Waals surface area contributed by atoms with E-state index in [-0.39, 0.29) is 78.0 Å². The molecule has 4 saturated carbocycles. The number of pyridine rings is 2. The third kappa shape index (κ3) is 5.09. The van der Waals surface area contributed by atoms with E-state index in [1.54, 1.807) is 41.6 Å². The Balaban J connectivity index is 0.910. The summed E-state index contributed by atoms with van der Waals surface area (Å²) in [7, 11) is 1.72. The van der Waals surface area contributed by atoms with Crippen LogP contribution in [0.15, 0.2) is 29.1 Å². The second-order valence-corrected chi connectivity index (χ2v) is 17.8.